The second-order valence-corrected chi connectivity index (χ2v) is 10.8. The normalized spacial score (nSPS) is 18.4. The third-order valence-corrected chi connectivity index (χ3v) is 9.05. The van der Waals surface area contributed by atoms with Gasteiger partial charge in [0, 0.05) is 31.1 Å². The number of aromatic nitrogens is 2. The van der Waals surface area contributed by atoms with Crippen LogP contribution in [-0.2, 0) is 22.9 Å². The summed E-state index contributed by atoms with van der Waals surface area (Å²) >= 11 is 1.77. The molecule has 1 aliphatic heterocycles. The lowest BCUT2D eigenvalue weighted by atomic mass is 9.97. The molecule has 0 N–H and O–H groups in total. The fraction of sp³-hybridized carbons (Fsp3) is 0.429. The van der Waals surface area contributed by atoms with Gasteiger partial charge in [-0.05, 0) is 61.9 Å². The molecule has 0 bridgehead atoms. The van der Waals surface area contributed by atoms with Crippen LogP contribution < -0.4 is 4.90 Å². The van der Waals surface area contributed by atoms with Gasteiger partial charge in [0.15, 0.2) is 0 Å². The highest BCUT2D eigenvalue weighted by Crippen LogP contribution is 2.39. The van der Waals surface area contributed by atoms with Crippen LogP contribution in [0, 0.1) is 5.82 Å². The number of anilines is 1. The lowest BCUT2D eigenvalue weighted by molar-refractivity contribution is 0.433. The Morgan fingerprint density at radius 3 is 2.57 bits per heavy atom. The van der Waals surface area contributed by atoms with Crippen molar-refractivity contribution in [1.29, 1.82) is 0 Å². The fourth-order valence-corrected chi connectivity index (χ4v) is 7.11. The summed E-state index contributed by atoms with van der Waals surface area (Å²) < 4.78 is 40.8. The lowest BCUT2D eigenvalue weighted by Gasteiger charge is -2.24. The Bertz CT molecular complexity index is 1180. The average molecular weight is 447 g/mol. The van der Waals surface area contributed by atoms with Crippen molar-refractivity contribution in [2.45, 2.75) is 37.0 Å². The average Bonchev–Trinajstić information content (AvgIpc) is 2.95. The second kappa shape index (κ2) is 7.86. The molecule has 1 saturated heterocycles. The maximum absolute atomic E-state index is 13.2. The Labute approximate surface area is 179 Å². The number of hydrogen-bond donors (Lipinski definition) is 0. The molecule has 30 heavy (non-hydrogen) atoms. The molecular weight excluding hydrogens is 423 g/mol. The number of nitrogens with zero attached hydrogens (tertiary/aromatic N) is 4. The Hall–Kier alpha value is -2.10. The summed E-state index contributed by atoms with van der Waals surface area (Å²) in [6.07, 6.45) is 6.92. The van der Waals surface area contributed by atoms with Crippen molar-refractivity contribution < 1.29 is 12.8 Å². The van der Waals surface area contributed by atoms with E-state index in [0.29, 0.717) is 26.1 Å². The van der Waals surface area contributed by atoms with Gasteiger partial charge in [-0.2, -0.15) is 4.31 Å². The van der Waals surface area contributed by atoms with Crippen LogP contribution in [0.5, 0.6) is 0 Å². The number of sulfonamides is 1. The second-order valence-electron chi connectivity index (χ2n) is 7.79. The van der Waals surface area contributed by atoms with Crippen molar-refractivity contribution in [2.75, 3.05) is 31.1 Å². The van der Waals surface area contributed by atoms with Crippen LogP contribution in [0.1, 0.15) is 29.7 Å². The van der Waals surface area contributed by atoms with Gasteiger partial charge in [0.05, 0.1) is 10.3 Å². The Morgan fingerprint density at radius 2 is 1.73 bits per heavy atom. The smallest absolute Gasteiger partial charge is 0.243 e. The molecule has 3 heterocycles. The summed E-state index contributed by atoms with van der Waals surface area (Å²) in [7, 11) is -3.64. The van der Waals surface area contributed by atoms with Crippen LogP contribution in [0.3, 0.4) is 0 Å². The van der Waals surface area contributed by atoms with Crippen molar-refractivity contribution in [1.82, 2.24) is 14.3 Å². The van der Waals surface area contributed by atoms with Crippen LogP contribution in [0.4, 0.5) is 10.2 Å². The van der Waals surface area contributed by atoms with Crippen LogP contribution in [0.15, 0.2) is 35.5 Å². The molecule has 0 atom stereocenters. The SMILES string of the molecule is O=S(=O)(c1ccc(F)cc1)N1CCCN(c2ncnc3sc4c(c23)CCCC4)CC1. The number of thiophene rings is 1. The van der Waals surface area contributed by atoms with Crippen molar-refractivity contribution in [3.8, 4) is 0 Å². The maximum Gasteiger partial charge on any atom is 0.243 e. The summed E-state index contributed by atoms with van der Waals surface area (Å²) in [5.74, 6) is 0.489. The molecule has 0 saturated carbocycles. The largest absolute Gasteiger partial charge is 0.355 e. The highest BCUT2D eigenvalue weighted by atomic mass is 32.2. The third-order valence-electron chi connectivity index (χ3n) is 5.94. The van der Waals surface area contributed by atoms with Gasteiger partial charge in [0.2, 0.25) is 10.0 Å². The topological polar surface area (TPSA) is 66.4 Å². The van der Waals surface area contributed by atoms with E-state index in [9.17, 15) is 12.8 Å². The third kappa shape index (κ3) is 3.48. The minimum absolute atomic E-state index is 0.133. The summed E-state index contributed by atoms with van der Waals surface area (Å²) in [6.45, 7) is 2.12. The lowest BCUT2D eigenvalue weighted by Crippen LogP contribution is -2.35. The first kappa shape index (κ1) is 19.8. The Balaban J connectivity index is 1.43. The van der Waals surface area contributed by atoms with Gasteiger partial charge >= 0.3 is 0 Å². The van der Waals surface area contributed by atoms with E-state index in [1.807, 2.05) is 0 Å². The maximum atomic E-state index is 13.2. The zero-order valence-electron chi connectivity index (χ0n) is 16.6. The molecule has 2 aliphatic rings. The van der Waals surface area contributed by atoms with Gasteiger partial charge in [0.1, 0.15) is 22.8 Å². The Kier molecular flexibility index (Phi) is 5.20. The van der Waals surface area contributed by atoms with Crippen molar-refractivity contribution in [3.63, 3.8) is 0 Å². The first-order chi connectivity index (χ1) is 14.5. The van der Waals surface area contributed by atoms with E-state index < -0.39 is 15.8 Å². The molecule has 6 nitrogen and oxygen atoms in total. The zero-order valence-corrected chi connectivity index (χ0v) is 18.2. The first-order valence-corrected chi connectivity index (χ1v) is 12.6. The molecule has 9 heteroatoms. The molecule has 1 aromatic carbocycles. The minimum Gasteiger partial charge on any atom is -0.355 e. The number of benzene rings is 1. The number of fused-ring (bicyclic) bond motifs is 3. The molecule has 1 aliphatic carbocycles. The monoisotopic (exact) mass is 446 g/mol. The van der Waals surface area contributed by atoms with Crippen molar-refractivity contribution >= 4 is 37.4 Å². The molecule has 1 fully saturated rings. The minimum atomic E-state index is -3.64. The van der Waals surface area contributed by atoms with Gasteiger partial charge in [-0.3, -0.25) is 0 Å². The highest BCUT2D eigenvalue weighted by molar-refractivity contribution is 7.89. The van der Waals surface area contributed by atoms with E-state index in [0.717, 1.165) is 35.4 Å². The molecular formula is C21H23FN4O2S2. The zero-order chi connectivity index (χ0) is 20.7. The summed E-state index contributed by atoms with van der Waals surface area (Å²) in [5, 5.41) is 1.16. The molecule has 0 spiro atoms. The van der Waals surface area contributed by atoms with E-state index in [1.165, 1.54) is 51.9 Å². The number of halogens is 1. The predicted molar refractivity (Wildman–Crippen MR) is 116 cm³/mol. The summed E-state index contributed by atoms with van der Waals surface area (Å²) in [4.78, 5) is 13.9. The molecule has 0 radical (unpaired) electrons. The molecule has 2 aromatic heterocycles. The molecule has 0 unspecified atom stereocenters. The van der Waals surface area contributed by atoms with Crippen LogP contribution in [-0.4, -0.2) is 48.9 Å². The Morgan fingerprint density at radius 1 is 0.933 bits per heavy atom. The standard InChI is InChI=1S/C21H23FN4O2S2/c22-15-6-8-16(9-7-15)30(27,28)26-11-3-10-25(12-13-26)20-19-17-4-1-2-5-18(17)29-21(19)24-14-23-20/h6-9,14H,1-5,10-13H2. The van der Waals surface area contributed by atoms with Gasteiger partial charge in [-0.1, -0.05) is 0 Å². The van der Waals surface area contributed by atoms with E-state index in [4.69, 9.17) is 0 Å². The fourth-order valence-electron chi connectivity index (χ4n) is 4.41. The van der Waals surface area contributed by atoms with Crippen molar-refractivity contribution in [2.24, 2.45) is 0 Å². The van der Waals surface area contributed by atoms with E-state index >= 15 is 0 Å². The van der Waals surface area contributed by atoms with Gasteiger partial charge in [-0.25, -0.2) is 22.8 Å². The number of hydrogen-bond acceptors (Lipinski definition) is 6. The van der Waals surface area contributed by atoms with Gasteiger partial charge in [0.25, 0.3) is 0 Å². The van der Waals surface area contributed by atoms with Crippen molar-refractivity contribution in [3.05, 3.63) is 46.9 Å². The molecule has 158 valence electrons. The van der Waals surface area contributed by atoms with Gasteiger partial charge < -0.3 is 4.90 Å². The van der Waals surface area contributed by atoms with E-state index in [2.05, 4.69) is 14.9 Å². The quantitative estimate of drug-likeness (QED) is 0.615. The van der Waals surface area contributed by atoms with Crippen LogP contribution >= 0.6 is 11.3 Å². The molecule has 5 rings (SSSR count). The first-order valence-electron chi connectivity index (χ1n) is 10.3. The summed E-state index contributed by atoms with van der Waals surface area (Å²) in [5.41, 5.74) is 1.39. The summed E-state index contributed by atoms with van der Waals surface area (Å²) in [6, 6.07) is 5.04. The van der Waals surface area contributed by atoms with E-state index in [-0.39, 0.29) is 4.90 Å². The molecule has 0 amide bonds. The highest BCUT2D eigenvalue weighted by Gasteiger charge is 2.29. The predicted octanol–water partition coefficient (Wildman–Crippen LogP) is 3.61. The number of rotatable bonds is 3. The van der Waals surface area contributed by atoms with Crippen LogP contribution in [0.2, 0.25) is 0 Å². The molecule has 3 aromatic rings. The van der Waals surface area contributed by atoms with Gasteiger partial charge in [-0.15, -0.1) is 11.3 Å². The number of aryl methyl sites for hydroxylation is 2. The van der Waals surface area contributed by atoms with Crippen LogP contribution in [0.25, 0.3) is 10.2 Å². The van der Waals surface area contributed by atoms with E-state index in [1.54, 1.807) is 17.7 Å².